The van der Waals surface area contributed by atoms with Crippen molar-refractivity contribution in [1.82, 2.24) is 5.32 Å². The molecule has 2 aromatic carbocycles. The van der Waals surface area contributed by atoms with Gasteiger partial charge >= 0.3 is 0 Å². The largest absolute Gasteiger partial charge is 0.506 e. The van der Waals surface area contributed by atoms with Crippen LogP contribution in [0, 0.1) is 0 Å². The van der Waals surface area contributed by atoms with Gasteiger partial charge in [-0.1, -0.05) is 12.1 Å². The van der Waals surface area contributed by atoms with Crippen LogP contribution in [0.3, 0.4) is 0 Å². The Morgan fingerprint density at radius 1 is 1.14 bits per heavy atom. The van der Waals surface area contributed by atoms with Crippen LogP contribution < -0.4 is 20.1 Å². The van der Waals surface area contributed by atoms with Crippen molar-refractivity contribution >= 4 is 28.9 Å². The number of phenolic OH excluding ortho intramolecular Hbond substituents is 1. The third-order valence-electron chi connectivity index (χ3n) is 3.01. The Bertz CT molecular complexity index is 748. The molecule has 0 saturated heterocycles. The lowest BCUT2D eigenvalue weighted by Gasteiger charge is -2.10. The van der Waals surface area contributed by atoms with Gasteiger partial charge in [-0.05, 0) is 42.5 Å². The molecular weight excluding hydrogens is 304 g/mol. The van der Waals surface area contributed by atoms with Gasteiger partial charge in [0.25, 0.3) is 5.91 Å². The number of phenols is 1. The average molecular weight is 316 g/mol. The summed E-state index contributed by atoms with van der Waals surface area (Å²) in [5, 5.41) is 15.0. The van der Waals surface area contributed by atoms with Crippen LogP contribution in [0.4, 0.5) is 5.69 Å². The van der Waals surface area contributed by atoms with E-state index in [0.29, 0.717) is 22.7 Å². The maximum atomic E-state index is 12.1. The highest BCUT2D eigenvalue weighted by molar-refractivity contribution is 7.80. The Morgan fingerprint density at radius 2 is 1.91 bits per heavy atom. The van der Waals surface area contributed by atoms with Crippen molar-refractivity contribution in [2.75, 3.05) is 12.1 Å². The second-order valence-electron chi connectivity index (χ2n) is 4.49. The first kappa shape index (κ1) is 14.2. The molecule has 0 bridgehead atoms. The van der Waals surface area contributed by atoms with E-state index in [1.807, 2.05) is 0 Å². The normalized spacial score (nSPS) is 11.8. The molecule has 1 amide bonds. The minimum absolute atomic E-state index is 0.0437. The first-order chi connectivity index (χ1) is 10.6. The van der Waals surface area contributed by atoms with Gasteiger partial charge in [0.15, 0.2) is 16.6 Å². The van der Waals surface area contributed by atoms with Crippen LogP contribution in [-0.4, -0.2) is 22.9 Å². The molecule has 0 spiro atoms. The first-order valence-corrected chi connectivity index (χ1v) is 6.84. The summed E-state index contributed by atoms with van der Waals surface area (Å²) in [4.78, 5) is 12.1. The predicted molar refractivity (Wildman–Crippen MR) is 84.4 cm³/mol. The molecule has 1 aliphatic rings. The number of carbonyl (C=O) groups is 1. The van der Waals surface area contributed by atoms with E-state index in [-0.39, 0.29) is 23.6 Å². The summed E-state index contributed by atoms with van der Waals surface area (Å²) in [6.45, 7) is 0.146. The van der Waals surface area contributed by atoms with E-state index in [9.17, 15) is 9.90 Å². The second kappa shape index (κ2) is 5.90. The molecule has 0 fully saturated rings. The maximum absolute atomic E-state index is 12.1. The van der Waals surface area contributed by atoms with E-state index >= 15 is 0 Å². The number of ether oxygens (including phenoxy) is 2. The third-order valence-corrected chi connectivity index (χ3v) is 3.22. The lowest BCUT2D eigenvalue weighted by molar-refractivity contribution is 0.0977. The monoisotopic (exact) mass is 316 g/mol. The van der Waals surface area contributed by atoms with Crippen LogP contribution in [0.2, 0.25) is 0 Å². The fraction of sp³-hybridized carbons (Fsp3) is 0.0667. The topological polar surface area (TPSA) is 79.8 Å². The Balaban J connectivity index is 1.66. The molecule has 0 atom stereocenters. The molecule has 0 unspecified atom stereocenters. The van der Waals surface area contributed by atoms with Gasteiger partial charge in [-0.15, -0.1) is 0 Å². The van der Waals surface area contributed by atoms with Gasteiger partial charge in [-0.25, -0.2) is 0 Å². The molecular formula is C15H12N2O4S. The number of amides is 1. The average Bonchev–Trinajstić information content (AvgIpc) is 2.97. The molecule has 0 radical (unpaired) electrons. The number of nitrogens with one attached hydrogen (secondary N) is 2. The number of carbonyl (C=O) groups excluding carboxylic acids is 1. The van der Waals surface area contributed by atoms with Gasteiger partial charge < -0.3 is 19.9 Å². The highest BCUT2D eigenvalue weighted by atomic mass is 32.1. The van der Waals surface area contributed by atoms with Gasteiger partial charge in [0.2, 0.25) is 6.79 Å². The highest BCUT2D eigenvalue weighted by Gasteiger charge is 2.16. The Kier molecular flexibility index (Phi) is 3.80. The fourth-order valence-electron chi connectivity index (χ4n) is 1.95. The Hall–Kier alpha value is -2.80. The third kappa shape index (κ3) is 2.94. The van der Waals surface area contributed by atoms with Gasteiger partial charge in [-0.2, -0.15) is 0 Å². The number of rotatable bonds is 2. The zero-order valence-corrected chi connectivity index (χ0v) is 12.1. The van der Waals surface area contributed by atoms with E-state index in [4.69, 9.17) is 21.7 Å². The van der Waals surface area contributed by atoms with E-state index in [1.165, 1.54) is 6.07 Å². The molecule has 112 valence electrons. The molecule has 2 aromatic rings. The summed E-state index contributed by atoms with van der Waals surface area (Å²) in [5.74, 6) is 0.784. The smallest absolute Gasteiger partial charge is 0.257 e. The van der Waals surface area contributed by atoms with Crippen molar-refractivity contribution in [1.29, 1.82) is 0 Å². The van der Waals surface area contributed by atoms with Crippen molar-refractivity contribution in [3.8, 4) is 17.2 Å². The van der Waals surface area contributed by atoms with Crippen LogP contribution >= 0.6 is 12.2 Å². The van der Waals surface area contributed by atoms with Gasteiger partial charge in [0.1, 0.15) is 5.75 Å². The van der Waals surface area contributed by atoms with Crippen LogP contribution in [0.25, 0.3) is 0 Å². The Morgan fingerprint density at radius 3 is 2.73 bits per heavy atom. The van der Waals surface area contributed by atoms with Crippen LogP contribution in [0.1, 0.15) is 10.4 Å². The number of aromatic hydroxyl groups is 1. The molecule has 3 N–H and O–H groups in total. The van der Waals surface area contributed by atoms with Crippen molar-refractivity contribution in [2.45, 2.75) is 0 Å². The van der Waals surface area contributed by atoms with Crippen molar-refractivity contribution in [2.24, 2.45) is 0 Å². The fourth-order valence-corrected chi connectivity index (χ4v) is 2.15. The van der Waals surface area contributed by atoms with Crippen LogP contribution in [0.5, 0.6) is 17.2 Å². The number of anilines is 1. The zero-order valence-electron chi connectivity index (χ0n) is 11.3. The summed E-state index contributed by atoms with van der Waals surface area (Å²) in [6, 6.07) is 11.5. The van der Waals surface area contributed by atoms with Gasteiger partial charge in [-0.3, -0.25) is 10.1 Å². The standard InChI is InChI=1S/C15H12N2O4S/c18-11-4-2-1-3-10(11)16-15(22)17-14(19)9-5-6-12-13(7-9)21-8-20-12/h1-7,18H,8H2,(H2,16,17,19,22). The lowest BCUT2D eigenvalue weighted by atomic mass is 10.2. The molecule has 0 saturated carbocycles. The minimum atomic E-state index is -0.383. The van der Waals surface area contributed by atoms with E-state index in [1.54, 1.807) is 36.4 Å². The molecule has 1 aliphatic heterocycles. The van der Waals surface area contributed by atoms with Crippen molar-refractivity contribution in [3.05, 3.63) is 48.0 Å². The maximum Gasteiger partial charge on any atom is 0.257 e. The molecule has 3 rings (SSSR count). The van der Waals surface area contributed by atoms with Crippen molar-refractivity contribution in [3.63, 3.8) is 0 Å². The first-order valence-electron chi connectivity index (χ1n) is 6.43. The summed E-state index contributed by atoms with van der Waals surface area (Å²) in [6.07, 6.45) is 0. The predicted octanol–water partition coefficient (Wildman–Crippen LogP) is 2.25. The number of fused-ring (bicyclic) bond motifs is 1. The molecule has 6 nitrogen and oxygen atoms in total. The van der Waals surface area contributed by atoms with Crippen LogP contribution in [0.15, 0.2) is 42.5 Å². The summed E-state index contributed by atoms with van der Waals surface area (Å²) in [5.41, 5.74) is 0.809. The highest BCUT2D eigenvalue weighted by Crippen LogP contribution is 2.32. The zero-order chi connectivity index (χ0) is 15.5. The number of para-hydroxylation sites is 2. The lowest BCUT2D eigenvalue weighted by Crippen LogP contribution is -2.34. The Labute approximate surface area is 131 Å². The SMILES string of the molecule is O=C(NC(=S)Nc1ccccc1O)c1ccc2c(c1)OCO2. The van der Waals surface area contributed by atoms with Crippen molar-refractivity contribution < 1.29 is 19.4 Å². The number of hydrogen-bond acceptors (Lipinski definition) is 5. The number of thiocarbonyl (C=S) groups is 1. The van der Waals surface area contributed by atoms with Crippen LogP contribution in [-0.2, 0) is 0 Å². The van der Waals surface area contributed by atoms with E-state index in [2.05, 4.69) is 10.6 Å². The van der Waals surface area contributed by atoms with E-state index < -0.39 is 0 Å². The molecule has 7 heteroatoms. The summed E-state index contributed by atoms with van der Waals surface area (Å²) >= 11 is 5.06. The number of hydrogen-bond donors (Lipinski definition) is 3. The minimum Gasteiger partial charge on any atom is -0.506 e. The summed E-state index contributed by atoms with van der Waals surface area (Å²) in [7, 11) is 0. The molecule has 0 aromatic heterocycles. The molecule has 22 heavy (non-hydrogen) atoms. The second-order valence-corrected chi connectivity index (χ2v) is 4.90. The molecule has 0 aliphatic carbocycles. The quantitative estimate of drug-likeness (QED) is 0.582. The van der Waals surface area contributed by atoms with Gasteiger partial charge in [0, 0.05) is 5.56 Å². The number of benzene rings is 2. The molecule has 1 heterocycles. The summed E-state index contributed by atoms with van der Waals surface area (Å²) < 4.78 is 10.4. The van der Waals surface area contributed by atoms with Gasteiger partial charge in [0.05, 0.1) is 5.69 Å². The van der Waals surface area contributed by atoms with E-state index in [0.717, 1.165) is 0 Å².